The molecular weight excluding hydrogens is 454 g/mol. The number of carbonyl (C=O) groups excluding carboxylic acids is 2. The Kier molecular flexibility index (Phi) is 8.59. The molecule has 1 aliphatic rings. The molecule has 184 valence electrons. The van der Waals surface area contributed by atoms with Gasteiger partial charge in [-0.3, -0.25) is 4.79 Å². The van der Waals surface area contributed by atoms with E-state index in [1.807, 2.05) is 71.8 Å². The minimum absolute atomic E-state index is 0.0249. The van der Waals surface area contributed by atoms with Crippen LogP contribution in [0.5, 0.6) is 0 Å². The zero-order chi connectivity index (χ0) is 24.6. The first kappa shape index (κ1) is 25.0. The van der Waals surface area contributed by atoms with Gasteiger partial charge in [0.1, 0.15) is 6.54 Å². The molecule has 1 N–H and O–H groups in total. The average molecular weight is 490 g/mol. The van der Waals surface area contributed by atoms with Crippen molar-refractivity contribution in [3.05, 3.63) is 87.6 Å². The molecule has 0 saturated heterocycles. The van der Waals surface area contributed by atoms with Crippen LogP contribution in [-0.4, -0.2) is 34.3 Å². The highest BCUT2D eigenvalue weighted by molar-refractivity contribution is 7.09. The van der Waals surface area contributed by atoms with Crippen molar-refractivity contribution in [2.24, 2.45) is 0 Å². The number of hydrogen-bond acceptors (Lipinski definition) is 3. The summed E-state index contributed by atoms with van der Waals surface area (Å²) in [4.78, 5) is 32.0. The second kappa shape index (κ2) is 12.0. The van der Waals surface area contributed by atoms with Gasteiger partial charge in [0.15, 0.2) is 0 Å². The summed E-state index contributed by atoms with van der Waals surface area (Å²) < 4.78 is 0. The van der Waals surface area contributed by atoms with E-state index in [1.165, 1.54) is 12.0 Å². The maximum Gasteiger partial charge on any atom is 0.322 e. The first-order chi connectivity index (χ1) is 17.0. The Morgan fingerprint density at radius 3 is 2.37 bits per heavy atom. The van der Waals surface area contributed by atoms with Gasteiger partial charge in [-0.2, -0.15) is 0 Å². The van der Waals surface area contributed by atoms with Crippen LogP contribution < -0.4 is 5.32 Å². The van der Waals surface area contributed by atoms with Gasteiger partial charge in [0.25, 0.3) is 0 Å². The SMILES string of the molecule is Cc1ccc(NC(=O)N(CC(=O)N(Cc2ccccc2)Cc2cccs2)C2CCCCC2)cc1C. The molecule has 0 bridgehead atoms. The highest BCUT2D eigenvalue weighted by Crippen LogP contribution is 2.25. The Balaban J connectivity index is 1.53. The molecule has 3 aromatic rings. The molecule has 3 amide bonds. The number of rotatable bonds is 8. The van der Waals surface area contributed by atoms with Gasteiger partial charge in [0.05, 0.1) is 6.54 Å². The van der Waals surface area contributed by atoms with Gasteiger partial charge in [0, 0.05) is 23.2 Å². The predicted molar refractivity (Wildman–Crippen MR) is 144 cm³/mol. The van der Waals surface area contributed by atoms with Gasteiger partial charge in [0.2, 0.25) is 5.91 Å². The van der Waals surface area contributed by atoms with E-state index in [2.05, 4.69) is 18.3 Å². The summed E-state index contributed by atoms with van der Waals surface area (Å²) in [6, 6.07) is 20.0. The molecule has 2 aromatic carbocycles. The first-order valence-corrected chi connectivity index (χ1v) is 13.4. The largest absolute Gasteiger partial charge is 0.332 e. The fourth-order valence-corrected chi connectivity index (χ4v) is 5.37. The van der Waals surface area contributed by atoms with Crippen molar-refractivity contribution < 1.29 is 9.59 Å². The van der Waals surface area contributed by atoms with Crippen LogP contribution in [0.1, 0.15) is 53.7 Å². The number of amides is 3. The molecule has 0 spiro atoms. The number of thiophene rings is 1. The molecule has 6 heteroatoms. The van der Waals surface area contributed by atoms with Crippen LogP contribution in [-0.2, 0) is 17.9 Å². The average Bonchev–Trinajstić information content (AvgIpc) is 3.38. The van der Waals surface area contributed by atoms with E-state index in [0.717, 1.165) is 47.4 Å². The number of urea groups is 1. The van der Waals surface area contributed by atoms with Gasteiger partial charge < -0.3 is 15.1 Å². The van der Waals surface area contributed by atoms with E-state index in [4.69, 9.17) is 0 Å². The van der Waals surface area contributed by atoms with E-state index in [-0.39, 0.29) is 24.5 Å². The third-order valence-corrected chi connectivity index (χ3v) is 7.70. The molecule has 1 fully saturated rings. The number of anilines is 1. The summed E-state index contributed by atoms with van der Waals surface area (Å²) in [5.74, 6) is -0.0249. The molecule has 0 radical (unpaired) electrons. The van der Waals surface area contributed by atoms with Crippen molar-refractivity contribution in [3.63, 3.8) is 0 Å². The number of nitrogens with one attached hydrogen (secondary N) is 1. The number of benzene rings is 2. The third-order valence-electron chi connectivity index (χ3n) is 6.84. The molecule has 1 aliphatic carbocycles. The van der Waals surface area contributed by atoms with Crippen LogP contribution in [0, 0.1) is 13.8 Å². The Labute approximate surface area is 212 Å². The third kappa shape index (κ3) is 6.95. The predicted octanol–water partition coefficient (Wildman–Crippen LogP) is 6.76. The molecule has 5 nitrogen and oxygen atoms in total. The van der Waals surface area contributed by atoms with Crippen LogP contribution >= 0.6 is 11.3 Å². The van der Waals surface area contributed by atoms with Gasteiger partial charge in [-0.25, -0.2) is 4.79 Å². The highest BCUT2D eigenvalue weighted by Gasteiger charge is 2.29. The number of hydrogen-bond donors (Lipinski definition) is 1. The second-order valence-electron chi connectivity index (χ2n) is 9.46. The van der Waals surface area contributed by atoms with E-state index in [9.17, 15) is 9.59 Å². The van der Waals surface area contributed by atoms with Crippen LogP contribution in [0.4, 0.5) is 10.5 Å². The van der Waals surface area contributed by atoms with Gasteiger partial charge in [-0.15, -0.1) is 11.3 Å². The fraction of sp³-hybridized carbons (Fsp3) is 0.379. The molecule has 1 aromatic heterocycles. The second-order valence-corrected chi connectivity index (χ2v) is 10.5. The van der Waals surface area contributed by atoms with E-state index >= 15 is 0 Å². The molecule has 35 heavy (non-hydrogen) atoms. The van der Waals surface area contributed by atoms with Crippen molar-refractivity contribution in [2.45, 2.75) is 65.1 Å². The lowest BCUT2D eigenvalue weighted by Gasteiger charge is -2.35. The molecule has 0 atom stereocenters. The number of carbonyl (C=O) groups is 2. The molecule has 1 heterocycles. The van der Waals surface area contributed by atoms with Gasteiger partial charge >= 0.3 is 6.03 Å². The summed E-state index contributed by atoms with van der Waals surface area (Å²) >= 11 is 1.65. The smallest absolute Gasteiger partial charge is 0.322 e. The van der Waals surface area contributed by atoms with Crippen LogP contribution in [0.2, 0.25) is 0 Å². The lowest BCUT2D eigenvalue weighted by Crippen LogP contribution is -2.49. The Morgan fingerprint density at radius 2 is 1.69 bits per heavy atom. The summed E-state index contributed by atoms with van der Waals surface area (Å²) in [6.45, 7) is 5.25. The molecule has 4 rings (SSSR count). The Morgan fingerprint density at radius 1 is 0.914 bits per heavy atom. The van der Waals surface area contributed by atoms with Crippen LogP contribution in [0.3, 0.4) is 0 Å². The van der Waals surface area contributed by atoms with Crippen molar-refractivity contribution in [1.82, 2.24) is 9.80 Å². The quantitative estimate of drug-likeness (QED) is 0.380. The Bertz CT molecular complexity index is 1110. The van der Waals surface area contributed by atoms with E-state index in [0.29, 0.717) is 13.1 Å². The summed E-state index contributed by atoms with van der Waals surface area (Å²) in [7, 11) is 0. The van der Waals surface area contributed by atoms with Crippen molar-refractivity contribution in [1.29, 1.82) is 0 Å². The fourth-order valence-electron chi connectivity index (χ4n) is 4.65. The van der Waals surface area contributed by atoms with Gasteiger partial charge in [-0.1, -0.05) is 61.7 Å². The first-order valence-electron chi connectivity index (χ1n) is 12.5. The number of nitrogens with zero attached hydrogens (tertiary/aromatic N) is 2. The standard InChI is InChI=1S/C29H35N3O2S/c1-22-15-16-25(18-23(22)2)30-29(34)32(26-12-7-4-8-13-26)21-28(33)31(20-27-14-9-17-35-27)19-24-10-5-3-6-11-24/h3,5-6,9-11,14-18,26H,4,7-8,12-13,19-21H2,1-2H3,(H,30,34). The van der Waals surface area contributed by atoms with E-state index < -0.39 is 0 Å². The zero-order valence-electron chi connectivity index (χ0n) is 20.7. The molecule has 0 aliphatic heterocycles. The lowest BCUT2D eigenvalue weighted by molar-refractivity contribution is -0.133. The normalized spacial score (nSPS) is 13.9. The molecular formula is C29H35N3O2S. The maximum atomic E-state index is 13.7. The lowest BCUT2D eigenvalue weighted by atomic mass is 9.94. The highest BCUT2D eigenvalue weighted by atomic mass is 32.1. The Hall–Kier alpha value is -3.12. The molecule has 1 saturated carbocycles. The molecule has 0 unspecified atom stereocenters. The van der Waals surface area contributed by atoms with E-state index in [1.54, 1.807) is 16.2 Å². The van der Waals surface area contributed by atoms with Gasteiger partial charge in [-0.05, 0) is 67.0 Å². The topological polar surface area (TPSA) is 52.7 Å². The summed E-state index contributed by atoms with van der Waals surface area (Å²) in [5, 5.41) is 5.10. The zero-order valence-corrected chi connectivity index (χ0v) is 21.5. The maximum absolute atomic E-state index is 13.7. The van der Waals surface area contributed by atoms with Crippen LogP contribution in [0.15, 0.2) is 66.0 Å². The van der Waals surface area contributed by atoms with Crippen molar-refractivity contribution in [3.8, 4) is 0 Å². The van der Waals surface area contributed by atoms with Crippen LogP contribution in [0.25, 0.3) is 0 Å². The monoisotopic (exact) mass is 489 g/mol. The summed E-state index contributed by atoms with van der Waals surface area (Å²) in [6.07, 6.45) is 5.26. The minimum Gasteiger partial charge on any atom is -0.332 e. The van der Waals surface area contributed by atoms with Crippen molar-refractivity contribution in [2.75, 3.05) is 11.9 Å². The number of aryl methyl sites for hydroxylation is 2. The van der Waals surface area contributed by atoms with Crippen molar-refractivity contribution >= 4 is 29.0 Å². The minimum atomic E-state index is -0.190. The summed E-state index contributed by atoms with van der Waals surface area (Å²) in [5.41, 5.74) is 4.17.